The van der Waals surface area contributed by atoms with Crippen molar-refractivity contribution in [1.29, 1.82) is 0 Å². The van der Waals surface area contributed by atoms with Gasteiger partial charge < -0.3 is 5.73 Å². The third-order valence-corrected chi connectivity index (χ3v) is 1.59. The fraction of sp³-hybridized carbons (Fsp3) is 0. The van der Waals surface area contributed by atoms with Gasteiger partial charge in [0.05, 0.1) is 5.52 Å². The first-order valence-corrected chi connectivity index (χ1v) is 3.66. The van der Waals surface area contributed by atoms with Gasteiger partial charge in [-0.25, -0.2) is 4.98 Å². The van der Waals surface area contributed by atoms with Crippen LogP contribution in [-0.4, -0.2) is 15.2 Å². The van der Waals surface area contributed by atoms with E-state index in [4.69, 9.17) is 5.73 Å². The van der Waals surface area contributed by atoms with Gasteiger partial charge in [-0.15, -0.1) is 10.2 Å². The Morgan fingerprint density at radius 1 is 1.08 bits per heavy atom. The van der Waals surface area contributed by atoms with Crippen LogP contribution in [0.2, 0.25) is 0 Å². The van der Waals surface area contributed by atoms with Crippen LogP contribution in [0.15, 0.2) is 29.1 Å². The molecule has 64 valence electrons. The molecule has 0 fully saturated rings. The molecule has 0 bridgehead atoms. The number of nitrogens with two attached hydrogens (primary N) is 1. The Labute approximate surface area is 73.3 Å². The number of hydrogen-bond donors (Lipinski definition) is 1. The standard InChI is InChI=1S/C8H6N4O/c9-7-8(13)10-5-3-1-2-4-6(5)11-12-7/h1-4H,(H2,9,10,12,13). The molecule has 5 heteroatoms. The van der Waals surface area contributed by atoms with Crippen molar-refractivity contribution in [3.8, 4) is 0 Å². The average Bonchev–Trinajstić information content (AvgIpc) is 2.28. The minimum absolute atomic E-state index is 0.184. The second-order valence-electron chi connectivity index (χ2n) is 2.49. The molecule has 0 aliphatic heterocycles. The Morgan fingerprint density at radius 3 is 2.54 bits per heavy atom. The average molecular weight is 174 g/mol. The number of aromatic nitrogens is 3. The van der Waals surface area contributed by atoms with E-state index in [2.05, 4.69) is 15.2 Å². The molecule has 0 spiro atoms. The summed E-state index contributed by atoms with van der Waals surface area (Å²) in [6.45, 7) is 0. The molecular formula is C8H6N4O. The Hall–Kier alpha value is -2.04. The first kappa shape index (κ1) is 7.60. The number of hydrogen-bond acceptors (Lipinski definition) is 5. The van der Waals surface area contributed by atoms with Gasteiger partial charge in [0.2, 0.25) is 5.82 Å². The van der Waals surface area contributed by atoms with Crippen LogP contribution < -0.4 is 11.3 Å². The van der Waals surface area contributed by atoms with Crippen molar-refractivity contribution < 1.29 is 0 Å². The topological polar surface area (TPSA) is 81.8 Å². The molecule has 0 saturated heterocycles. The lowest BCUT2D eigenvalue weighted by molar-refractivity contribution is 1.09. The van der Waals surface area contributed by atoms with Gasteiger partial charge in [0.1, 0.15) is 5.52 Å². The molecule has 0 aliphatic carbocycles. The molecule has 1 aromatic carbocycles. The van der Waals surface area contributed by atoms with Crippen LogP contribution >= 0.6 is 0 Å². The fourth-order valence-electron chi connectivity index (χ4n) is 0.960. The molecule has 1 heterocycles. The lowest BCUT2D eigenvalue weighted by atomic mass is 10.3. The SMILES string of the molecule is Nc1nnc2ccccc2nc1=O. The molecule has 13 heavy (non-hydrogen) atoms. The summed E-state index contributed by atoms with van der Waals surface area (Å²) in [5, 5.41) is 7.29. The van der Waals surface area contributed by atoms with Crippen LogP contribution in [0.1, 0.15) is 0 Å². The number of fused-ring (bicyclic) bond motifs is 1. The van der Waals surface area contributed by atoms with E-state index in [9.17, 15) is 4.79 Å². The maximum Gasteiger partial charge on any atom is 0.314 e. The van der Waals surface area contributed by atoms with Gasteiger partial charge in [0.25, 0.3) is 0 Å². The molecule has 5 nitrogen and oxygen atoms in total. The molecule has 0 saturated carbocycles. The fourth-order valence-corrected chi connectivity index (χ4v) is 0.960. The van der Waals surface area contributed by atoms with Gasteiger partial charge >= 0.3 is 5.56 Å². The second-order valence-corrected chi connectivity index (χ2v) is 2.49. The molecule has 0 atom stereocenters. The number of anilines is 1. The van der Waals surface area contributed by atoms with Crippen molar-refractivity contribution in [3.05, 3.63) is 34.6 Å². The van der Waals surface area contributed by atoms with Crippen molar-refractivity contribution in [1.82, 2.24) is 15.2 Å². The van der Waals surface area contributed by atoms with Crippen molar-refractivity contribution in [2.45, 2.75) is 0 Å². The zero-order valence-electron chi connectivity index (χ0n) is 6.64. The summed E-state index contributed by atoms with van der Waals surface area (Å²) in [5.74, 6) is -0.184. The highest BCUT2D eigenvalue weighted by molar-refractivity contribution is 5.72. The first-order chi connectivity index (χ1) is 6.27. The van der Waals surface area contributed by atoms with E-state index < -0.39 is 5.56 Å². The van der Waals surface area contributed by atoms with E-state index in [0.29, 0.717) is 11.0 Å². The maximum atomic E-state index is 11.1. The zero-order chi connectivity index (χ0) is 9.26. The number of para-hydroxylation sites is 1. The monoisotopic (exact) mass is 174 g/mol. The molecule has 0 amide bonds. The summed E-state index contributed by atoms with van der Waals surface area (Å²) in [4.78, 5) is 14.8. The van der Waals surface area contributed by atoms with Crippen LogP contribution in [0.25, 0.3) is 11.0 Å². The van der Waals surface area contributed by atoms with Crippen molar-refractivity contribution in [2.24, 2.45) is 0 Å². The van der Waals surface area contributed by atoms with Crippen LogP contribution in [0, 0.1) is 0 Å². The maximum absolute atomic E-state index is 11.1. The highest BCUT2D eigenvalue weighted by Gasteiger charge is 1.97. The third-order valence-electron chi connectivity index (χ3n) is 1.59. The molecule has 0 aliphatic rings. The summed E-state index contributed by atoms with van der Waals surface area (Å²) in [5.41, 5.74) is 5.77. The largest absolute Gasteiger partial charge is 0.378 e. The first-order valence-electron chi connectivity index (χ1n) is 3.66. The third kappa shape index (κ3) is 1.31. The molecular weight excluding hydrogens is 168 g/mol. The number of nitrogens with zero attached hydrogens (tertiary/aromatic N) is 3. The predicted octanol–water partition coefficient (Wildman–Crippen LogP) is -0.0328. The highest BCUT2D eigenvalue weighted by atomic mass is 16.1. The van der Waals surface area contributed by atoms with Gasteiger partial charge in [-0.3, -0.25) is 4.79 Å². The summed E-state index contributed by atoms with van der Waals surface area (Å²) in [7, 11) is 0. The van der Waals surface area contributed by atoms with Gasteiger partial charge in [-0.1, -0.05) is 12.1 Å². The zero-order valence-corrected chi connectivity index (χ0v) is 6.64. The summed E-state index contributed by atoms with van der Waals surface area (Å²) < 4.78 is 0. The van der Waals surface area contributed by atoms with Crippen LogP contribution in [0.3, 0.4) is 0 Å². The van der Waals surface area contributed by atoms with E-state index in [1.54, 1.807) is 24.3 Å². The van der Waals surface area contributed by atoms with E-state index in [-0.39, 0.29) is 5.82 Å². The highest BCUT2D eigenvalue weighted by Crippen LogP contribution is 2.02. The molecule has 2 aromatic rings. The quantitative estimate of drug-likeness (QED) is 0.606. The minimum Gasteiger partial charge on any atom is -0.378 e. The van der Waals surface area contributed by atoms with Crippen molar-refractivity contribution in [3.63, 3.8) is 0 Å². The number of nitrogen functional groups attached to an aromatic ring is 1. The molecule has 0 radical (unpaired) electrons. The Bertz CT molecular complexity index is 511. The molecule has 2 rings (SSSR count). The molecule has 1 aromatic heterocycles. The Balaban J connectivity index is 2.97. The lowest BCUT2D eigenvalue weighted by Crippen LogP contribution is -2.09. The van der Waals surface area contributed by atoms with Gasteiger partial charge in [-0.05, 0) is 12.1 Å². The van der Waals surface area contributed by atoms with Crippen molar-refractivity contribution in [2.75, 3.05) is 5.73 Å². The van der Waals surface area contributed by atoms with Crippen LogP contribution in [0.4, 0.5) is 5.82 Å². The lowest BCUT2D eigenvalue weighted by Gasteiger charge is -1.83. The van der Waals surface area contributed by atoms with Crippen LogP contribution in [-0.2, 0) is 0 Å². The number of benzene rings is 1. The Kier molecular flexibility index (Phi) is 1.63. The van der Waals surface area contributed by atoms with E-state index in [1.807, 2.05) is 0 Å². The van der Waals surface area contributed by atoms with Gasteiger partial charge in [0, 0.05) is 0 Å². The van der Waals surface area contributed by atoms with Crippen LogP contribution in [0.5, 0.6) is 0 Å². The predicted molar refractivity (Wildman–Crippen MR) is 48.0 cm³/mol. The summed E-state index contributed by atoms with van der Waals surface area (Å²) >= 11 is 0. The van der Waals surface area contributed by atoms with Gasteiger partial charge in [-0.2, -0.15) is 0 Å². The smallest absolute Gasteiger partial charge is 0.314 e. The van der Waals surface area contributed by atoms with E-state index in [0.717, 1.165) is 0 Å². The van der Waals surface area contributed by atoms with E-state index in [1.165, 1.54) is 0 Å². The molecule has 2 N–H and O–H groups in total. The number of rotatable bonds is 0. The normalized spacial score (nSPS) is 10.2. The summed E-state index contributed by atoms with van der Waals surface area (Å²) in [6.07, 6.45) is 0. The summed E-state index contributed by atoms with van der Waals surface area (Å²) in [6, 6.07) is 6.96. The van der Waals surface area contributed by atoms with Gasteiger partial charge in [0.15, 0.2) is 0 Å². The van der Waals surface area contributed by atoms with Crippen molar-refractivity contribution >= 4 is 16.9 Å². The minimum atomic E-state index is -0.547. The van der Waals surface area contributed by atoms with E-state index >= 15 is 0 Å². The molecule has 0 unspecified atom stereocenters. The Morgan fingerprint density at radius 2 is 1.77 bits per heavy atom. The second kappa shape index (κ2) is 2.78.